The van der Waals surface area contributed by atoms with Crippen molar-refractivity contribution in [3.05, 3.63) is 158 Å². The molecule has 54 heavy (non-hydrogen) atoms. The summed E-state index contributed by atoms with van der Waals surface area (Å²) in [6.07, 6.45) is 0. The molecule has 8 aromatic carbocycles. The minimum absolute atomic E-state index is 0.309. The largest absolute Gasteiger partial charge is 0.551 e. The van der Waals surface area contributed by atoms with Crippen molar-refractivity contribution in [3.8, 4) is 45.2 Å². The topological polar surface area (TPSA) is 49.7 Å². The van der Waals surface area contributed by atoms with Gasteiger partial charge in [-0.1, -0.05) is 91.0 Å². The molecule has 0 unspecified atom stereocenters. The maximum atomic E-state index is 6.97. The van der Waals surface area contributed by atoms with Gasteiger partial charge in [0.1, 0.15) is 39.6 Å². The van der Waals surface area contributed by atoms with Crippen molar-refractivity contribution in [2.24, 2.45) is 0 Å². The summed E-state index contributed by atoms with van der Waals surface area (Å²) in [6.45, 7) is -0.309. The second kappa shape index (κ2) is 10.2. The van der Waals surface area contributed by atoms with Crippen molar-refractivity contribution in [1.29, 1.82) is 0 Å². The molecule has 0 bridgehead atoms. The van der Waals surface area contributed by atoms with Gasteiger partial charge in [-0.05, 0) is 77.4 Å². The van der Waals surface area contributed by atoms with E-state index >= 15 is 0 Å². The Labute approximate surface area is 308 Å². The van der Waals surface area contributed by atoms with Crippen molar-refractivity contribution in [2.75, 3.05) is 0 Å². The van der Waals surface area contributed by atoms with Gasteiger partial charge in [-0.2, -0.15) is 0 Å². The van der Waals surface area contributed by atoms with Gasteiger partial charge in [0.25, 0.3) is 0 Å². The predicted molar refractivity (Wildman–Crippen MR) is 218 cm³/mol. The molecule has 13 rings (SSSR count). The number of rotatable bonds is 2. The summed E-state index contributed by atoms with van der Waals surface area (Å²) in [6, 6.07) is 55.2. The van der Waals surface area contributed by atoms with Gasteiger partial charge in [0.2, 0.25) is 0 Å². The first-order valence-electron chi connectivity index (χ1n) is 18.3. The summed E-state index contributed by atoms with van der Waals surface area (Å²) in [5.74, 6) is 2.45. The quantitative estimate of drug-likeness (QED) is 0.169. The van der Waals surface area contributed by atoms with Crippen LogP contribution in [0.5, 0.6) is 17.2 Å². The van der Waals surface area contributed by atoms with E-state index in [2.05, 4.69) is 132 Å². The van der Waals surface area contributed by atoms with Crippen LogP contribution in [0.25, 0.3) is 93.6 Å². The molecule has 0 saturated heterocycles. The monoisotopic (exact) mass is 691 g/mol. The molecule has 0 N–H and O–H groups in total. The second-order valence-corrected chi connectivity index (χ2v) is 14.4. The van der Waals surface area contributed by atoms with Crippen molar-refractivity contribution in [1.82, 2.24) is 4.57 Å². The zero-order valence-electron chi connectivity index (χ0n) is 28.7. The Balaban J connectivity index is 0.995. The minimum atomic E-state index is -0.309. The normalized spacial score (nSPS) is 13.1. The van der Waals surface area contributed by atoms with Crippen molar-refractivity contribution in [2.45, 2.75) is 0 Å². The van der Waals surface area contributed by atoms with Crippen LogP contribution in [0.4, 0.5) is 0 Å². The smallest absolute Gasteiger partial charge is 0.434 e. The second-order valence-electron chi connectivity index (χ2n) is 14.4. The standard InChI is InChI=1S/C48H26BNO4/c1-5-13-38-30(9-1)31-10-2-6-14-39(31)50(38)29-25-35-33-12-4-8-16-42(33)54-49-37-20-17-28(24-44(37)52-45(26-29)47(35)49)27-18-21-41-36(23-27)46-43(51-41)22-19-34-32-11-3-7-15-40(32)53-48(34)46/h1-26H. The number of hydrogen-bond donors (Lipinski definition) is 0. The number of benzene rings is 8. The van der Waals surface area contributed by atoms with Gasteiger partial charge in [-0.3, -0.25) is 0 Å². The van der Waals surface area contributed by atoms with E-state index < -0.39 is 0 Å². The van der Waals surface area contributed by atoms with Gasteiger partial charge in [0, 0.05) is 49.5 Å². The van der Waals surface area contributed by atoms with Crippen molar-refractivity contribution < 1.29 is 18.2 Å². The zero-order chi connectivity index (χ0) is 35.1. The van der Waals surface area contributed by atoms with Gasteiger partial charge < -0.3 is 22.8 Å². The first-order chi connectivity index (χ1) is 26.7. The molecule has 0 saturated carbocycles. The Bertz CT molecular complexity index is 3370. The Kier molecular flexibility index (Phi) is 5.39. The molecule has 0 spiro atoms. The molecule has 0 aliphatic carbocycles. The highest BCUT2D eigenvalue weighted by Crippen LogP contribution is 2.44. The number of ether oxygens (including phenoxy) is 1. The van der Waals surface area contributed by atoms with Gasteiger partial charge in [0.05, 0.1) is 22.1 Å². The molecule has 0 radical (unpaired) electrons. The molecule has 2 aliphatic rings. The molecule has 2 aliphatic heterocycles. The van der Waals surface area contributed by atoms with Crippen LogP contribution >= 0.6 is 0 Å². The lowest BCUT2D eigenvalue weighted by atomic mass is 9.50. The number of furan rings is 2. The van der Waals surface area contributed by atoms with Gasteiger partial charge in [-0.25, -0.2) is 0 Å². The molecule has 11 aromatic rings. The molecule has 6 heteroatoms. The molecule has 0 fully saturated rings. The summed E-state index contributed by atoms with van der Waals surface area (Å²) in [7, 11) is 0. The highest BCUT2D eigenvalue weighted by molar-refractivity contribution is 6.84. The third kappa shape index (κ3) is 3.73. The third-order valence-corrected chi connectivity index (χ3v) is 11.5. The Morgan fingerprint density at radius 2 is 1.15 bits per heavy atom. The molecular weight excluding hydrogens is 665 g/mol. The fraction of sp³-hybridized carbons (Fsp3) is 0. The van der Waals surface area contributed by atoms with Crippen molar-refractivity contribution >= 4 is 83.5 Å². The zero-order valence-corrected chi connectivity index (χ0v) is 28.7. The maximum absolute atomic E-state index is 6.97. The molecule has 3 aromatic heterocycles. The average Bonchev–Trinajstić information content (AvgIpc) is 3.90. The summed E-state index contributed by atoms with van der Waals surface area (Å²) in [5.41, 5.74) is 13.1. The van der Waals surface area contributed by atoms with E-state index in [-0.39, 0.29) is 6.92 Å². The number of para-hydroxylation sites is 4. The summed E-state index contributed by atoms with van der Waals surface area (Å²) in [5, 5.41) is 6.64. The Morgan fingerprint density at radius 1 is 0.444 bits per heavy atom. The highest BCUT2D eigenvalue weighted by Gasteiger charge is 2.41. The number of aromatic nitrogens is 1. The SMILES string of the molecule is c1ccc2c(c1)OB1c3ccc(-c4ccc5oc6ccc7c8ccccc8oc7c6c5c4)cc3Oc3cc(-n4c5ccccc5c5ccccc54)cc-2c31. The van der Waals surface area contributed by atoms with Crippen LogP contribution in [0.3, 0.4) is 0 Å². The van der Waals surface area contributed by atoms with Crippen LogP contribution in [-0.2, 0) is 0 Å². The fourth-order valence-electron chi connectivity index (χ4n) is 9.08. The van der Waals surface area contributed by atoms with E-state index in [9.17, 15) is 0 Å². The average molecular weight is 692 g/mol. The van der Waals surface area contributed by atoms with Crippen LogP contribution in [0.1, 0.15) is 0 Å². The van der Waals surface area contributed by atoms with E-state index in [0.29, 0.717) is 0 Å². The lowest BCUT2D eigenvalue weighted by Gasteiger charge is -2.33. The Hall–Kier alpha value is -7.18. The van der Waals surface area contributed by atoms with E-state index in [4.69, 9.17) is 18.2 Å². The Morgan fingerprint density at radius 3 is 2.02 bits per heavy atom. The van der Waals surface area contributed by atoms with Crippen LogP contribution in [0.2, 0.25) is 0 Å². The van der Waals surface area contributed by atoms with E-state index in [1.54, 1.807) is 0 Å². The lowest BCUT2D eigenvalue weighted by Crippen LogP contribution is -2.53. The molecule has 5 nitrogen and oxygen atoms in total. The molecule has 250 valence electrons. The number of fused-ring (bicyclic) bond motifs is 14. The highest BCUT2D eigenvalue weighted by atomic mass is 16.5. The fourth-order valence-corrected chi connectivity index (χ4v) is 9.08. The summed E-state index contributed by atoms with van der Waals surface area (Å²) in [4.78, 5) is 0. The van der Waals surface area contributed by atoms with Crippen LogP contribution in [-0.4, -0.2) is 11.5 Å². The predicted octanol–water partition coefficient (Wildman–Crippen LogP) is 11.5. The van der Waals surface area contributed by atoms with Crippen molar-refractivity contribution in [3.63, 3.8) is 0 Å². The number of nitrogens with zero attached hydrogens (tertiary/aromatic N) is 1. The first kappa shape index (κ1) is 28.4. The molecule has 0 amide bonds. The first-order valence-corrected chi connectivity index (χ1v) is 18.3. The summed E-state index contributed by atoms with van der Waals surface area (Å²) >= 11 is 0. The lowest BCUT2D eigenvalue weighted by molar-refractivity contribution is 0.479. The van der Waals surface area contributed by atoms with E-state index in [0.717, 1.165) is 111 Å². The van der Waals surface area contributed by atoms with Crippen LogP contribution in [0.15, 0.2) is 167 Å². The molecular formula is C48H26BNO4. The minimum Gasteiger partial charge on any atom is -0.551 e. The number of hydrogen-bond acceptors (Lipinski definition) is 4. The third-order valence-electron chi connectivity index (χ3n) is 11.5. The van der Waals surface area contributed by atoms with Gasteiger partial charge in [0.15, 0.2) is 0 Å². The molecule has 0 atom stereocenters. The van der Waals surface area contributed by atoms with E-state index in [1.807, 2.05) is 30.3 Å². The molecule has 5 heterocycles. The summed E-state index contributed by atoms with van der Waals surface area (Å²) < 4.78 is 28.9. The van der Waals surface area contributed by atoms with E-state index in [1.165, 1.54) is 10.8 Å². The van der Waals surface area contributed by atoms with Crippen LogP contribution in [0, 0.1) is 0 Å². The van der Waals surface area contributed by atoms with Gasteiger partial charge >= 0.3 is 6.92 Å². The van der Waals surface area contributed by atoms with Gasteiger partial charge in [-0.15, -0.1) is 0 Å². The maximum Gasteiger partial charge on any atom is 0.434 e. The van der Waals surface area contributed by atoms with Crippen LogP contribution < -0.4 is 20.3 Å².